The second-order valence-electron chi connectivity index (χ2n) is 7.40. The van der Waals surface area contributed by atoms with Crippen LogP contribution in [-0.4, -0.2) is 42.4 Å². The maximum Gasteiger partial charge on any atom is 0.338 e. The Labute approximate surface area is 221 Å². The fraction of sp³-hybridized carbons (Fsp3) is 0.120. The molecule has 3 rings (SSSR count). The van der Waals surface area contributed by atoms with Gasteiger partial charge >= 0.3 is 29.6 Å². The van der Waals surface area contributed by atoms with E-state index in [0.29, 0.717) is 27.7 Å². The van der Waals surface area contributed by atoms with Crippen LogP contribution in [-0.2, 0) is 30.5 Å². The number of hydrogen-bond acceptors (Lipinski definition) is 8. The Morgan fingerprint density at radius 2 is 1.61 bits per heavy atom. The van der Waals surface area contributed by atoms with Gasteiger partial charge in [0.1, 0.15) is 11.5 Å². The fourth-order valence-corrected chi connectivity index (χ4v) is 3.05. The summed E-state index contributed by atoms with van der Waals surface area (Å²) in [4.78, 5) is 59.6. The lowest BCUT2D eigenvalue weighted by atomic mass is 10.2. The van der Waals surface area contributed by atoms with Crippen molar-refractivity contribution in [1.82, 2.24) is 10.7 Å². The largest absolute Gasteiger partial charge is 0.462 e. The Bertz CT molecular complexity index is 1370. The van der Waals surface area contributed by atoms with Crippen LogP contribution < -0.4 is 21.4 Å². The van der Waals surface area contributed by atoms with Crippen LogP contribution in [0.15, 0.2) is 70.2 Å². The van der Waals surface area contributed by atoms with E-state index in [2.05, 4.69) is 26.5 Å². The molecule has 0 spiro atoms. The summed E-state index contributed by atoms with van der Waals surface area (Å²) in [5, 5.41) is 11.2. The van der Waals surface area contributed by atoms with Crippen molar-refractivity contribution in [2.24, 2.45) is 5.10 Å². The zero-order valence-electron chi connectivity index (χ0n) is 19.9. The van der Waals surface area contributed by atoms with Crippen molar-refractivity contribution in [1.29, 1.82) is 0 Å². The fourth-order valence-electron chi connectivity index (χ4n) is 2.86. The Morgan fingerprint density at radius 1 is 0.895 bits per heavy atom. The highest BCUT2D eigenvalue weighted by atomic mass is 35.5. The van der Waals surface area contributed by atoms with E-state index in [9.17, 15) is 24.0 Å². The van der Waals surface area contributed by atoms with Gasteiger partial charge in [-0.05, 0) is 61.5 Å². The van der Waals surface area contributed by atoms with Crippen LogP contribution in [0.1, 0.15) is 28.8 Å². The minimum atomic E-state index is -1.01. The summed E-state index contributed by atoms with van der Waals surface area (Å²) >= 11 is 5.83. The Hall–Kier alpha value is -4.97. The second kappa shape index (κ2) is 13.4. The molecule has 38 heavy (non-hydrogen) atoms. The molecule has 0 fully saturated rings. The second-order valence-corrected chi connectivity index (χ2v) is 7.84. The molecule has 12 nitrogen and oxygen atoms in total. The molecule has 0 aliphatic carbocycles. The maximum atomic E-state index is 12.1. The highest BCUT2D eigenvalue weighted by Gasteiger charge is 2.15. The molecule has 13 heteroatoms. The predicted octanol–water partition coefficient (Wildman–Crippen LogP) is 2.45. The number of carbonyl (C=O) groups excluding carboxylic acids is 5. The first-order chi connectivity index (χ1) is 18.2. The lowest BCUT2D eigenvalue weighted by Crippen LogP contribution is -2.34. The van der Waals surface area contributed by atoms with Gasteiger partial charge in [-0.25, -0.2) is 10.2 Å². The molecule has 0 saturated carbocycles. The quantitative estimate of drug-likeness (QED) is 0.147. The van der Waals surface area contributed by atoms with E-state index in [1.165, 1.54) is 42.5 Å². The monoisotopic (exact) mass is 539 g/mol. The van der Waals surface area contributed by atoms with Gasteiger partial charge in [-0.3, -0.25) is 19.2 Å². The molecule has 1 heterocycles. The molecule has 196 valence electrons. The molecule has 4 amide bonds. The number of hydrogen-bond donors (Lipinski definition) is 4. The number of carbonyl (C=O) groups is 5. The van der Waals surface area contributed by atoms with Crippen LogP contribution in [0.4, 0.5) is 11.4 Å². The van der Waals surface area contributed by atoms with Gasteiger partial charge in [-0.15, -0.1) is 0 Å². The highest BCUT2D eigenvalue weighted by molar-refractivity contribution is 6.40. The maximum absolute atomic E-state index is 12.1. The van der Waals surface area contributed by atoms with Crippen LogP contribution in [0.5, 0.6) is 0 Å². The van der Waals surface area contributed by atoms with Crippen LogP contribution in [0.3, 0.4) is 0 Å². The normalized spacial score (nSPS) is 10.5. The molecular formula is C25H22ClN5O7. The molecule has 4 N–H and O–H groups in total. The van der Waals surface area contributed by atoms with E-state index in [-0.39, 0.29) is 18.9 Å². The number of anilines is 2. The Kier molecular flexibility index (Phi) is 9.72. The molecule has 0 atom stereocenters. The molecule has 0 bridgehead atoms. The van der Waals surface area contributed by atoms with Crippen molar-refractivity contribution in [2.45, 2.75) is 13.5 Å². The standard InChI is InChI=1S/C25H22ClN5O7/c1-2-37-25(36)15-6-8-17(9-7-15)29-22(33)21(32)27-13-19-10-11-20(38-19)14-28-31-24(35)23(34)30-18-5-3-4-16(26)12-18/h3-12,14H,2,13H2,1H3,(H,27,32)(H,29,33)(H,30,34)(H,31,35)/b28-14+. The summed E-state index contributed by atoms with van der Waals surface area (Å²) in [5.74, 6) is -3.76. The summed E-state index contributed by atoms with van der Waals surface area (Å²) in [6, 6.07) is 15.2. The van der Waals surface area contributed by atoms with Crippen molar-refractivity contribution in [3.63, 3.8) is 0 Å². The number of esters is 1. The van der Waals surface area contributed by atoms with Gasteiger partial charge in [0.25, 0.3) is 0 Å². The minimum absolute atomic E-state index is 0.101. The molecule has 0 aliphatic heterocycles. The smallest absolute Gasteiger partial charge is 0.338 e. The topological polar surface area (TPSA) is 168 Å². The average Bonchev–Trinajstić information content (AvgIpc) is 3.35. The third-order valence-electron chi connectivity index (χ3n) is 4.61. The third kappa shape index (κ3) is 8.31. The highest BCUT2D eigenvalue weighted by Crippen LogP contribution is 2.14. The number of rotatable bonds is 8. The molecule has 1 aromatic heterocycles. The minimum Gasteiger partial charge on any atom is -0.462 e. The molecule has 0 radical (unpaired) electrons. The van der Waals surface area contributed by atoms with Gasteiger partial charge in [0, 0.05) is 16.4 Å². The van der Waals surface area contributed by atoms with E-state index in [0.717, 1.165) is 6.21 Å². The van der Waals surface area contributed by atoms with Crippen LogP contribution in [0.25, 0.3) is 0 Å². The molecule has 0 saturated heterocycles. The first-order valence-corrected chi connectivity index (χ1v) is 11.5. The van der Waals surface area contributed by atoms with Gasteiger partial charge in [0.2, 0.25) is 0 Å². The van der Waals surface area contributed by atoms with Crippen LogP contribution >= 0.6 is 11.6 Å². The van der Waals surface area contributed by atoms with E-state index >= 15 is 0 Å². The zero-order valence-corrected chi connectivity index (χ0v) is 20.7. The zero-order chi connectivity index (χ0) is 27.5. The third-order valence-corrected chi connectivity index (χ3v) is 4.85. The first-order valence-electron chi connectivity index (χ1n) is 11.1. The number of nitrogens with one attached hydrogen (secondary N) is 4. The van der Waals surface area contributed by atoms with Gasteiger partial charge < -0.3 is 25.1 Å². The number of ether oxygens (including phenoxy) is 1. The molecule has 0 unspecified atom stereocenters. The van der Waals surface area contributed by atoms with E-state index in [4.69, 9.17) is 20.8 Å². The van der Waals surface area contributed by atoms with Crippen molar-refractivity contribution >= 4 is 58.8 Å². The SMILES string of the molecule is CCOC(=O)c1ccc(NC(=O)C(=O)NCc2ccc(/C=N/NC(=O)C(=O)Nc3cccc(Cl)c3)o2)cc1. The van der Waals surface area contributed by atoms with Crippen molar-refractivity contribution in [3.8, 4) is 0 Å². The van der Waals surface area contributed by atoms with Gasteiger partial charge in [-0.2, -0.15) is 5.10 Å². The summed E-state index contributed by atoms with van der Waals surface area (Å²) in [5.41, 5.74) is 3.03. The lowest BCUT2D eigenvalue weighted by Gasteiger charge is -2.07. The van der Waals surface area contributed by atoms with Gasteiger partial charge in [-0.1, -0.05) is 17.7 Å². The summed E-state index contributed by atoms with van der Waals surface area (Å²) in [6.07, 6.45) is 1.16. The van der Waals surface area contributed by atoms with Crippen molar-refractivity contribution in [2.75, 3.05) is 17.2 Å². The predicted molar refractivity (Wildman–Crippen MR) is 137 cm³/mol. The molecule has 2 aromatic carbocycles. The Morgan fingerprint density at radius 3 is 2.32 bits per heavy atom. The average molecular weight is 540 g/mol. The van der Waals surface area contributed by atoms with Crippen LogP contribution in [0.2, 0.25) is 5.02 Å². The number of furan rings is 1. The van der Waals surface area contributed by atoms with Gasteiger partial charge in [0.15, 0.2) is 0 Å². The van der Waals surface area contributed by atoms with Crippen molar-refractivity contribution in [3.05, 3.63) is 82.8 Å². The summed E-state index contributed by atoms with van der Waals surface area (Å²) in [7, 11) is 0. The number of benzene rings is 2. The number of halogens is 1. The molecule has 3 aromatic rings. The first kappa shape index (κ1) is 27.6. The number of nitrogens with zero attached hydrogens (tertiary/aromatic N) is 1. The van der Waals surface area contributed by atoms with E-state index in [1.54, 1.807) is 25.1 Å². The van der Waals surface area contributed by atoms with E-state index in [1.807, 2.05) is 0 Å². The van der Waals surface area contributed by atoms with Crippen LogP contribution in [0, 0.1) is 0 Å². The summed E-state index contributed by atoms with van der Waals surface area (Å²) in [6.45, 7) is 1.83. The van der Waals surface area contributed by atoms with E-state index < -0.39 is 29.6 Å². The number of hydrazone groups is 1. The molecular weight excluding hydrogens is 518 g/mol. The summed E-state index contributed by atoms with van der Waals surface area (Å²) < 4.78 is 10.3. The molecule has 0 aliphatic rings. The van der Waals surface area contributed by atoms with Crippen molar-refractivity contribution < 1.29 is 33.1 Å². The number of amides is 4. The lowest BCUT2D eigenvalue weighted by molar-refractivity contribution is -0.136. The van der Waals surface area contributed by atoms with Gasteiger partial charge in [0.05, 0.1) is 24.9 Å². The Balaban J connectivity index is 1.42.